The summed E-state index contributed by atoms with van der Waals surface area (Å²) in [7, 11) is 0. The fraction of sp³-hybridized carbons (Fsp3) is 0.625. The average molecular weight is 142 g/mol. The van der Waals surface area contributed by atoms with E-state index in [9.17, 15) is 4.79 Å². The van der Waals surface area contributed by atoms with Crippen molar-refractivity contribution in [2.45, 2.75) is 33.3 Å². The molecule has 0 heterocycles. The van der Waals surface area contributed by atoms with E-state index in [4.69, 9.17) is 4.74 Å². The van der Waals surface area contributed by atoms with Crippen molar-refractivity contribution in [2.75, 3.05) is 0 Å². The molecule has 0 aromatic heterocycles. The van der Waals surface area contributed by atoms with Crippen LogP contribution in [0, 0.1) is 0 Å². The maximum atomic E-state index is 10.6. The predicted octanol–water partition coefficient (Wildman–Crippen LogP) is 1.90. The van der Waals surface area contributed by atoms with Crippen LogP contribution in [0.2, 0.25) is 0 Å². The first kappa shape index (κ1) is 9.21. The molecule has 2 nitrogen and oxygen atoms in total. The van der Waals surface area contributed by atoms with E-state index >= 15 is 0 Å². The average Bonchev–Trinajstić information content (AvgIpc) is 1.87. The molecule has 0 aromatic carbocycles. The Morgan fingerprint density at radius 3 is 2.60 bits per heavy atom. The van der Waals surface area contributed by atoms with Gasteiger partial charge in [-0.05, 0) is 13.8 Å². The molecule has 58 valence electrons. The molecule has 0 aromatic rings. The number of carbonyl (C=O) groups is 1. The smallest absolute Gasteiger partial charge is 0.158 e. The van der Waals surface area contributed by atoms with Crippen LogP contribution in [-0.2, 0) is 9.53 Å². The third-order valence-corrected chi connectivity index (χ3v) is 0.953. The molecule has 0 atom stereocenters. The Kier molecular flexibility index (Phi) is 4.63. The minimum Gasteiger partial charge on any atom is -0.498 e. The lowest BCUT2D eigenvalue weighted by molar-refractivity contribution is -0.114. The lowest BCUT2D eigenvalue weighted by Crippen LogP contribution is -1.96. The molecule has 0 radical (unpaired) electrons. The number of ketones is 1. The molecule has 0 bridgehead atoms. The highest BCUT2D eigenvalue weighted by Gasteiger charge is 1.90. The molecule has 10 heavy (non-hydrogen) atoms. The van der Waals surface area contributed by atoms with E-state index in [0.717, 1.165) is 0 Å². The van der Waals surface area contributed by atoms with Crippen LogP contribution in [0.25, 0.3) is 0 Å². The Morgan fingerprint density at radius 2 is 2.20 bits per heavy atom. The van der Waals surface area contributed by atoms with Gasteiger partial charge in [-0.3, -0.25) is 4.79 Å². The van der Waals surface area contributed by atoms with Crippen molar-refractivity contribution < 1.29 is 9.53 Å². The summed E-state index contributed by atoms with van der Waals surface area (Å²) < 4.78 is 5.01. The van der Waals surface area contributed by atoms with Crippen molar-refractivity contribution in [3.8, 4) is 0 Å². The predicted molar refractivity (Wildman–Crippen MR) is 40.7 cm³/mol. The number of ether oxygens (including phenoxy) is 1. The molecule has 0 unspecified atom stereocenters. The van der Waals surface area contributed by atoms with Gasteiger partial charge >= 0.3 is 0 Å². The highest BCUT2D eigenvalue weighted by Crippen LogP contribution is 1.89. The Balaban J connectivity index is 3.46. The molecule has 0 aliphatic carbocycles. The summed E-state index contributed by atoms with van der Waals surface area (Å²) in [5, 5.41) is 0. The van der Waals surface area contributed by atoms with E-state index in [1.54, 1.807) is 0 Å². The number of rotatable bonds is 4. The zero-order chi connectivity index (χ0) is 7.98. The normalized spacial score (nSPS) is 10.8. The van der Waals surface area contributed by atoms with Crippen LogP contribution < -0.4 is 0 Å². The molecule has 0 saturated carbocycles. The fourth-order valence-corrected chi connectivity index (χ4v) is 0.390. The number of hydrogen-bond acceptors (Lipinski definition) is 2. The summed E-state index contributed by atoms with van der Waals surface area (Å²) in [4.78, 5) is 10.6. The fourth-order valence-electron chi connectivity index (χ4n) is 0.390. The molecule has 0 aliphatic rings. The molecule has 0 aliphatic heterocycles. The van der Waals surface area contributed by atoms with Crippen molar-refractivity contribution >= 4 is 5.78 Å². The van der Waals surface area contributed by atoms with Gasteiger partial charge in [0.1, 0.15) is 0 Å². The van der Waals surface area contributed by atoms with Crippen LogP contribution in [0.1, 0.15) is 27.2 Å². The van der Waals surface area contributed by atoms with Gasteiger partial charge in [0.15, 0.2) is 5.78 Å². The Hall–Kier alpha value is -0.790. The largest absolute Gasteiger partial charge is 0.498 e. The van der Waals surface area contributed by atoms with Crippen LogP contribution in [0.3, 0.4) is 0 Å². The molecule has 0 spiro atoms. The lowest BCUT2D eigenvalue weighted by Gasteiger charge is -2.01. The van der Waals surface area contributed by atoms with Gasteiger partial charge in [0, 0.05) is 12.5 Å². The topological polar surface area (TPSA) is 26.3 Å². The van der Waals surface area contributed by atoms with E-state index in [2.05, 4.69) is 0 Å². The third-order valence-electron chi connectivity index (χ3n) is 0.953. The van der Waals surface area contributed by atoms with Gasteiger partial charge in [0.05, 0.1) is 12.4 Å². The van der Waals surface area contributed by atoms with E-state index in [1.807, 2.05) is 20.8 Å². The van der Waals surface area contributed by atoms with Crippen LogP contribution in [0.5, 0.6) is 0 Å². The quantitative estimate of drug-likeness (QED) is 0.442. The van der Waals surface area contributed by atoms with Crippen molar-refractivity contribution in [3.05, 3.63) is 12.3 Å². The van der Waals surface area contributed by atoms with Gasteiger partial charge in [-0.1, -0.05) is 6.92 Å². The van der Waals surface area contributed by atoms with Crippen LogP contribution >= 0.6 is 0 Å². The maximum absolute atomic E-state index is 10.6. The highest BCUT2D eigenvalue weighted by atomic mass is 16.5. The van der Waals surface area contributed by atoms with Crippen LogP contribution in [0.15, 0.2) is 12.3 Å². The van der Waals surface area contributed by atoms with Crippen LogP contribution in [-0.4, -0.2) is 11.9 Å². The first-order valence-corrected chi connectivity index (χ1v) is 3.51. The summed E-state index contributed by atoms with van der Waals surface area (Å²) >= 11 is 0. The first-order chi connectivity index (χ1) is 4.66. The second kappa shape index (κ2) is 5.03. The summed E-state index contributed by atoms with van der Waals surface area (Å²) in [6.45, 7) is 5.66. The summed E-state index contributed by atoms with van der Waals surface area (Å²) in [5.41, 5.74) is 0. The van der Waals surface area contributed by atoms with Crippen molar-refractivity contribution in [2.24, 2.45) is 0 Å². The van der Waals surface area contributed by atoms with E-state index in [1.165, 1.54) is 12.3 Å². The summed E-state index contributed by atoms with van der Waals surface area (Å²) in [6, 6.07) is 0. The molecule has 0 fully saturated rings. The van der Waals surface area contributed by atoms with Gasteiger partial charge < -0.3 is 4.74 Å². The van der Waals surface area contributed by atoms with E-state index in [0.29, 0.717) is 6.42 Å². The Morgan fingerprint density at radius 1 is 1.60 bits per heavy atom. The second-order valence-corrected chi connectivity index (χ2v) is 2.31. The molecule has 0 rings (SSSR count). The minimum atomic E-state index is 0.0978. The zero-order valence-corrected chi connectivity index (χ0v) is 6.76. The van der Waals surface area contributed by atoms with Crippen molar-refractivity contribution in [3.63, 3.8) is 0 Å². The molecular weight excluding hydrogens is 128 g/mol. The number of hydrogen-bond donors (Lipinski definition) is 0. The number of carbonyl (C=O) groups excluding carboxylic acids is 1. The second-order valence-electron chi connectivity index (χ2n) is 2.31. The molecule has 0 amide bonds. The standard InChI is InChI=1S/C8H14O2/c1-4-8(9)5-6-10-7(2)3/h5-7H,4H2,1-3H3/b6-5+. The van der Waals surface area contributed by atoms with Gasteiger partial charge in [-0.2, -0.15) is 0 Å². The maximum Gasteiger partial charge on any atom is 0.158 e. The molecule has 0 N–H and O–H groups in total. The Labute approximate surface area is 61.9 Å². The van der Waals surface area contributed by atoms with Crippen molar-refractivity contribution in [1.29, 1.82) is 0 Å². The van der Waals surface area contributed by atoms with E-state index < -0.39 is 0 Å². The zero-order valence-electron chi connectivity index (χ0n) is 6.76. The van der Waals surface area contributed by atoms with Gasteiger partial charge in [-0.25, -0.2) is 0 Å². The molecule has 2 heteroatoms. The van der Waals surface area contributed by atoms with Crippen LogP contribution in [0.4, 0.5) is 0 Å². The van der Waals surface area contributed by atoms with Gasteiger partial charge in [-0.15, -0.1) is 0 Å². The van der Waals surface area contributed by atoms with Gasteiger partial charge in [0.2, 0.25) is 0 Å². The molecule has 0 saturated heterocycles. The number of allylic oxidation sites excluding steroid dienone is 1. The summed E-state index contributed by atoms with van der Waals surface area (Å²) in [6.07, 6.45) is 3.61. The minimum absolute atomic E-state index is 0.0978. The molecular formula is C8H14O2. The summed E-state index contributed by atoms with van der Waals surface area (Å²) in [5.74, 6) is 0.0978. The lowest BCUT2D eigenvalue weighted by atomic mass is 10.3. The SMILES string of the molecule is CCC(=O)/C=C/OC(C)C. The highest BCUT2D eigenvalue weighted by molar-refractivity contribution is 5.89. The third kappa shape index (κ3) is 5.35. The van der Waals surface area contributed by atoms with E-state index in [-0.39, 0.29) is 11.9 Å². The monoisotopic (exact) mass is 142 g/mol. The van der Waals surface area contributed by atoms with Crippen molar-refractivity contribution in [1.82, 2.24) is 0 Å². The Bertz CT molecular complexity index is 125. The van der Waals surface area contributed by atoms with Gasteiger partial charge in [0.25, 0.3) is 0 Å². The first-order valence-electron chi connectivity index (χ1n) is 3.51.